The van der Waals surface area contributed by atoms with Crippen molar-refractivity contribution in [3.05, 3.63) is 53.6 Å². The Kier molecular flexibility index (Phi) is 5.90. The molecular weight excluding hydrogens is 388 g/mol. The lowest BCUT2D eigenvalue weighted by Gasteiger charge is -2.41. The van der Waals surface area contributed by atoms with Gasteiger partial charge in [-0.15, -0.1) is 0 Å². The molecule has 2 amide bonds. The van der Waals surface area contributed by atoms with Gasteiger partial charge in [-0.25, -0.2) is 0 Å². The first-order valence-corrected chi connectivity index (χ1v) is 11.0. The Bertz CT molecular complexity index is 977. The van der Waals surface area contributed by atoms with Gasteiger partial charge in [0.2, 0.25) is 5.91 Å². The Labute approximate surface area is 185 Å². The van der Waals surface area contributed by atoms with Gasteiger partial charge in [0.1, 0.15) is 0 Å². The predicted octanol–water partition coefficient (Wildman–Crippen LogP) is 3.40. The third-order valence-corrected chi connectivity index (χ3v) is 6.45. The lowest BCUT2D eigenvalue weighted by atomic mass is 9.95. The molecule has 6 nitrogen and oxygen atoms in total. The molecule has 2 aliphatic rings. The van der Waals surface area contributed by atoms with Crippen molar-refractivity contribution in [3.8, 4) is 0 Å². The Hall–Kier alpha value is -3.02. The maximum absolute atomic E-state index is 13.4. The van der Waals surface area contributed by atoms with Crippen LogP contribution in [0.4, 0.5) is 17.1 Å². The molecule has 2 aromatic carbocycles. The number of carbonyl (C=O) groups is 2. The van der Waals surface area contributed by atoms with E-state index < -0.39 is 0 Å². The number of amides is 2. The molecule has 0 radical (unpaired) electrons. The van der Waals surface area contributed by atoms with Crippen LogP contribution in [-0.4, -0.2) is 64.0 Å². The van der Waals surface area contributed by atoms with Gasteiger partial charge in [0.25, 0.3) is 5.91 Å². The number of nitrogens with zero attached hydrogens (tertiary/aromatic N) is 4. The highest BCUT2D eigenvalue weighted by Crippen LogP contribution is 2.33. The van der Waals surface area contributed by atoms with Crippen molar-refractivity contribution in [2.24, 2.45) is 0 Å². The molecule has 0 spiro atoms. The first-order chi connectivity index (χ1) is 14.9. The summed E-state index contributed by atoms with van der Waals surface area (Å²) < 4.78 is 0. The van der Waals surface area contributed by atoms with E-state index in [9.17, 15) is 9.59 Å². The number of likely N-dealkylation sites (tertiary alicyclic amines) is 1. The van der Waals surface area contributed by atoms with Crippen LogP contribution in [-0.2, 0) is 11.2 Å². The summed E-state index contributed by atoms with van der Waals surface area (Å²) in [5, 5.41) is 0. The second-order valence-corrected chi connectivity index (χ2v) is 8.91. The maximum atomic E-state index is 13.4. The fraction of sp³-hybridized carbons (Fsp3) is 0.440. The van der Waals surface area contributed by atoms with E-state index in [0.717, 1.165) is 41.9 Å². The summed E-state index contributed by atoms with van der Waals surface area (Å²) in [6.07, 6.45) is 3.00. The summed E-state index contributed by atoms with van der Waals surface area (Å²) in [4.78, 5) is 34.1. The summed E-state index contributed by atoms with van der Waals surface area (Å²) >= 11 is 0. The molecule has 31 heavy (non-hydrogen) atoms. The highest BCUT2D eigenvalue weighted by atomic mass is 16.2. The van der Waals surface area contributed by atoms with Gasteiger partial charge in [-0.1, -0.05) is 18.2 Å². The molecule has 164 valence electrons. The Morgan fingerprint density at radius 3 is 2.32 bits per heavy atom. The highest BCUT2D eigenvalue weighted by Gasteiger charge is 2.34. The number of carbonyl (C=O) groups excluding carboxylic acids is 2. The second kappa shape index (κ2) is 8.61. The molecule has 1 saturated heterocycles. The zero-order valence-electron chi connectivity index (χ0n) is 19.0. The first-order valence-electron chi connectivity index (χ1n) is 11.0. The van der Waals surface area contributed by atoms with E-state index in [1.54, 1.807) is 0 Å². The van der Waals surface area contributed by atoms with Gasteiger partial charge < -0.3 is 19.6 Å². The van der Waals surface area contributed by atoms with Gasteiger partial charge in [-0.05, 0) is 49.1 Å². The summed E-state index contributed by atoms with van der Waals surface area (Å²) in [5.74, 6) is 0.274. The zero-order chi connectivity index (χ0) is 22.1. The standard InChI is InChI=1S/C25H32N4O2/c1-26(2)20-10-11-21(23(17-20)27(3)4)25(31)28-15-13-19(14-16-28)29-22-8-6-5-7-18(22)9-12-24(29)30/h5-8,10-11,17,19H,9,12-16H2,1-4H3. The van der Waals surface area contributed by atoms with Crippen molar-refractivity contribution in [3.63, 3.8) is 0 Å². The molecule has 2 aromatic rings. The van der Waals surface area contributed by atoms with E-state index in [1.807, 2.05) is 72.1 Å². The van der Waals surface area contributed by atoms with Crippen molar-refractivity contribution < 1.29 is 9.59 Å². The van der Waals surface area contributed by atoms with Gasteiger partial charge in [-0.3, -0.25) is 9.59 Å². The number of para-hydroxylation sites is 1. The first kappa shape index (κ1) is 21.2. The average Bonchev–Trinajstić information content (AvgIpc) is 2.78. The van der Waals surface area contributed by atoms with Crippen LogP contribution in [0.2, 0.25) is 0 Å². The smallest absolute Gasteiger partial charge is 0.255 e. The number of hydrogen-bond acceptors (Lipinski definition) is 4. The molecule has 0 aliphatic carbocycles. The quantitative estimate of drug-likeness (QED) is 0.761. The third kappa shape index (κ3) is 4.11. The van der Waals surface area contributed by atoms with E-state index >= 15 is 0 Å². The Morgan fingerprint density at radius 1 is 0.935 bits per heavy atom. The number of anilines is 3. The van der Waals surface area contributed by atoms with Crippen LogP contribution in [0.5, 0.6) is 0 Å². The van der Waals surface area contributed by atoms with E-state index in [4.69, 9.17) is 0 Å². The molecule has 4 rings (SSSR count). The molecule has 2 aliphatic heterocycles. The van der Waals surface area contributed by atoms with E-state index in [0.29, 0.717) is 19.5 Å². The van der Waals surface area contributed by atoms with E-state index in [2.05, 4.69) is 18.2 Å². The molecule has 0 saturated carbocycles. The fourth-order valence-corrected chi connectivity index (χ4v) is 4.70. The van der Waals surface area contributed by atoms with Crippen LogP contribution < -0.4 is 14.7 Å². The number of aryl methyl sites for hydroxylation is 1. The van der Waals surface area contributed by atoms with Gasteiger partial charge in [0, 0.05) is 65.1 Å². The van der Waals surface area contributed by atoms with Crippen molar-refractivity contribution in [2.75, 3.05) is 56.0 Å². The highest BCUT2D eigenvalue weighted by molar-refractivity contribution is 6.01. The van der Waals surface area contributed by atoms with Gasteiger partial charge in [0.05, 0.1) is 11.3 Å². The number of rotatable bonds is 4. The van der Waals surface area contributed by atoms with Crippen LogP contribution in [0.15, 0.2) is 42.5 Å². The minimum absolute atomic E-state index is 0.0674. The average molecular weight is 421 g/mol. The van der Waals surface area contributed by atoms with Gasteiger partial charge >= 0.3 is 0 Å². The van der Waals surface area contributed by atoms with E-state index in [-0.39, 0.29) is 17.9 Å². The Balaban J connectivity index is 1.50. The molecule has 0 atom stereocenters. The fourth-order valence-electron chi connectivity index (χ4n) is 4.70. The lowest BCUT2D eigenvalue weighted by molar-refractivity contribution is -0.119. The minimum Gasteiger partial charge on any atom is -0.378 e. The number of fused-ring (bicyclic) bond motifs is 1. The van der Waals surface area contributed by atoms with Crippen LogP contribution >= 0.6 is 0 Å². The SMILES string of the molecule is CN(C)c1ccc(C(=O)N2CCC(N3C(=O)CCc4ccccc43)CC2)c(N(C)C)c1. The van der Waals surface area contributed by atoms with Crippen LogP contribution in [0.3, 0.4) is 0 Å². The minimum atomic E-state index is 0.0674. The lowest BCUT2D eigenvalue weighted by Crippen LogP contribution is -2.50. The molecule has 1 fully saturated rings. The van der Waals surface area contributed by atoms with E-state index in [1.165, 1.54) is 5.56 Å². The largest absolute Gasteiger partial charge is 0.378 e. The predicted molar refractivity (Wildman–Crippen MR) is 126 cm³/mol. The summed E-state index contributed by atoms with van der Waals surface area (Å²) in [7, 11) is 7.94. The molecule has 0 aromatic heterocycles. The second-order valence-electron chi connectivity index (χ2n) is 8.91. The van der Waals surface area contributed by atoms with Gasteiger partial charge in [-0.2, -0.15) is 0 Å². The summed E-state index contributed by atoms with van der Waals surface area (Å²) in [6.45, 7) is 1.33. The summed E-state index contributed by atoms with van der Waals surface area (Å²) in [6, 6.07) is 14.4. The molecule has 0 N–H and O–H groups in total. The number of hydrogen-bond donors (Lipinski definition) is 0. The van der Waals surface area contributed by atoms with Crippen molar-refractivity contribution in [1.29, 1.82) is 0 Å². The van der Waals surface area contributed by atoms with Crippen LogP contribution in [0.25, 0.3) is 0 Å². The maximum Gasteiger partial charge on any atom is 0.255 e. The zero-order valence-corrected chi connectivity index (χ0v) is 19.0. The van der Waals surface area contributed by atoms with Crippen molar-refractivity contribution >= 4 is 28.9 Å². The Morgan fingerprint density at radius 2 is 1.65 bits per heavy atom. The van der Waals surface area contributed by atoms with Crippen molar-refractivity contribution in [2.45, 2.75) is 31.7 Å². The van der Waals surface area contributed by atoms with Crippen LogP contribution in [0, 0.1) is 0 Å². The normalized spacial score (nSPS) is 16.8. The molecule has 2 heterocycles. The number of benzene rings is 2. The molecule has 0 unspecified atom stereocenters. The van der Waals surface area contributed by atoms with Gasteiger partial charge in [0.15, 0.2) is 0 Å². The third-order valence-electron chi connectivity index (χ3n) is 6.45. The topological polar surface area (TPSA) is 47.1 Å². The molecule has 0 bridgehead atoms. The van der Waals surface area contributed by atoms with Crippen LogP contribution in [0.1, 0.15) is 35.2 Å². The van der Waals surface area contributed by atoms with Crippen molar-refractivity contribution in [1.82, 2.24) is 4.90 Å². The molecular formula is C25H32N4O2. The molecule has 6 heteroatoms. The monoisotopic (exact) mass is 420 g/mol. The summed E-state index contributed by atoms with van der Waals surface area (Å²) in [5.41, 5.74) is 5.03. The number of piperidine rings is 1.